The van der Waals surface area contributed by atoms with E-state index in [0.29, 0.717) is 22.8 Å². The lowest BCUT2D eigenvalue weighted by molar-refractivity contribution is 0.0736. The number of anilines is 2. The maximum atomic E-state index is 12.2. The van der Waals surface area contributed by atoms with Gasteiger partial charge in [-0.1, -0.05) is 36.4 Å². The number of rotatable bonds is 4. The Morgan fingerprint density at radius 1 is 0.864 bits per heavy atom. The van der Waals surface area contributed by atoms with E-state index in [0.717, 1.165) is 0 Å². The molecular weight excluding hydrogens is 276 g/mol. The van der Waals surface area contributed by atoms with Gasteiger partial charge >= 0.3 is 5.97 Å². The second kappa shape index (κ2) is 6.54. The molecule has 1 aromatic heterocycles. The summed E-state index contributed by atoms with van der Waals surface area (Å²) in [5, 5.41) is 3.14. The number of carbonyl (C=O) groups excluding carboxylic acids is 1. The maximum absolute atomic E-state index is 12.2. The molecule has 0 aliphatic carbocycles. The van der Waals surface area contributed by atoms with E-state index >= 15 is 0 Å². The van der Waals surface area contributed by atoms with Crippen LogP contribution in [0, 0.1) is 0 Å². The summed E-state index contributed by atoms with van der Waals surface area (Å²) in [6.45, 7) is 0. The molecule has 3 aromatic rings. The molecule has 3 rings (SSSR count). The molecule has 0 atom stereocenters. The van der Waals surface area contributed by atoms with Crippen LogP contribution < -0.4 is 10.1 Å². The van der Waals surface area contributed by atoms with Gasteiger partial charge in [0.15, 0.2) is 5.75 Å². The Balaban J connectivity index is 1.81. The number of benzene rings is 2. The van der Waals surface area contributed by atoms with E-state index in [1.54, 1.807) is 36.5 Å². The molecule has 4 heteroatoms. The summed E-state index contributed by atoms with van der Waals surface area (Å²) in [5.74, 6) is 0.753. The van der Waals surface area contributed by atoms with Crippen molar-refractivity contribution in [1.82, 2.24) is 4.98 Å². The van der Waals surface area contributed by atoms with E-state index in [2.05, 4.69) is 10.3 Å². The fraction of sp³-hybridized carbons (Fsp3) is 0. The number of hydrogen-bond donors (Lipinski definition) is 1. The largest absolute Gasteiger partial charge is 0.421 e. The van der Waals surface area contributed by atoms with Crippen LogP contribution in [0.5, 0.6) is 5.75 Å². The molecule has 4 nitrogen and oxygen atoms in total. The lowest BCUT2D eigenvalue weighted by Gasteiger charge is -2.11. The van der Waals surface area contributed by atoms with Crippen LogP contribution in [0.15, 0.2) is 79.0 Å². The molecule has 0 radical (unpaired) electrons. The number of pyridine rings is 1. The van der Waals surface area contributed by atoms with Gasteiger partial charge in [-0.05, 0) is 36.4 Å². The zero-order chi connectivity index (χ0) is 15.2. The molecule has 0 saturated heterocycles. The second-order valence-corrected chi connectivity index (χ2v) is 4.59. The Labute approximate surface area is 128 Å². The van der Waals surface area contributed by atoms with Gasteiger partial charge in [0.2, 0.25) is 0 Å². The quantitative estimate of drug-likeness (QED) is 0.582. The van der Waals surface area contributed by atoms with Crippen LogP contribution >= 0.6 is 0 Å². The van der Waals surface area contributed by atoms with E-state index in [1.165, 1.54) is 0 Å². The molecular formula is C18H14N2O2. The molecule has 0 amide bonds. The van der Waals surface area contributed by atoms with E-state index in [-0.39, 0.29) is 0 Å². The minimum atomic E-state index is -0.393. The highest BCUT2D eigenvalue weighted by atomic mass is 16.5. The number of aromatic nitrogens is 1. The monoisotopic (exact) mass is 290 g/mol. The Morgan fingerprint density at radius 2 is 1.59 bits per heavy atom. The van der Waals surface area contributed by atoms with Gasteiger partial charge in [0.1, 0.15) is 5.82 Å². The molecule has 0 aliphatic heterocycles. The Hall–Kier alpha value is -3.14. The van der Waals surface area contributed by atoms with E-state index in [9.17, 15) is 4.79 Å². The molecule has 0 fully saturated rings. The first kappa shape index (κ1) is 13.8. The van der Waals surface area contributed by atoms with Crippen LogP contribution in [0.1, 0.15) is 10.4 Å². The summed E-state index contributed by atoms with van der Waals surface area (Å²) < 4.78 is 5.47. The first-order valence-corrected chi connectivity index (χ1v) is 6.87. The van der Waals surface area contributed by atoms with Crippen LogP contribution in [0.3, 0.4) is 0 Å². The van der Waals surface area contributed by atoms with Gasteiger partial charge in [0.25, 0.3) is 0 Å². The number of esters is 1. The highest BCUT2D eigenvalue weighted by Gasteiger charge is 2.11. The minimum Gasteiger partial charge on any atom is -0.421 e. The molecule has 1 N–H and O–H groups in total. The first-order chi connectivity index (χ1) is 10.8. The van der Waals surface area contributed by atoms with Crippen LogP contribution in [-0.4, -0.2) is 11.0 Å². The second-order valence-electron chi connectivity index (χ2n) is 4.59. The van der Waals surface area contributed by atoms with E-state index in [4.69, 9.17) is 4.74 Å². The summed E-state index contributed by atoms with van der Waals surface area (Å²) in [6, 6.07) is 21.7. The maximum Gasteiger partial charge on any atom is 0.343 e. The van der Waals surface area contributed by atoms with Crippen LogP contribution in [-0.2, 0) is 0 Å². The van der Waals surface area contributed by atoms with Gasteiger partial charge in [0, 0.05) is 6.20 Å². The van der Waals surface area contributed by atoms with Crippen molar-refractivity contribution in [1.29, 1.82) is 0 Å². The van der Waals surface area contributed by atoms with Crippen molar-refractivity contribution in [2.45, 2.75) is 0 Å². The average Bonchev–Trinajstić information content (AvgIpc) is 2.58. The minimum absolute atomic E-state index is 0.393. The summed E-state index contributed by atoms with van der Waals surface area (Å²) >= 11 is 0. The molecule has 22 heavy (non-hydrogen) atoms. The van der Waals surface area contributed by atoms with Crippen LogP contribution in [0.25, 0.3) is 0 Å². The summed E-state index contributed by atoms with van der Waals surface area (Å²) in [4.78, 5) is 16.4. The first-order valence-electron chi connectivity index (χ1n) is 6.87. The van der Waals surface area contributed by atoms with Crippen LogP contribution in [0.2, 0.25) is 0 Å². The van der Waals surface area contributed by atoms with Crippen molar-refractivity contribution in [2.75, 3.05) is 5.32 Å². The van der Waals surface area contributed by atoms with Crippen molar-refractivity contribution < 1.29 is 9.53 Å². The third-order valence-corrected chi connectivity index (χ3v) is 3.03. The standard InChI is InChI=1S/C18H14N2O2/c21-18(14-8-2-1-3-9-14)22-16-11-5-4-10-15(16)20-17-12-6-7-13-19-17/h1-13H,(H,19,20). The molecule has 0 aliphatic rings. The van der Waals surface area contributed by atoms with Gasteiger partial charge in [-0.2, -0.15) is 0 Å². The third-order valence-electron chi connectivity index (χ3n) is 3.03. The number of nitrogens with zero attached hydrogens (tertiary/aromatic N) is 1. The van der Waals surface area contributed by atoms with Crippen molar-refractivity contribution >= 4 is 17.5 Å². The van der Waals surface area contributed by atoms with Crippen molar-refractivity contribution in [2.24, 2.45) is 0 Å². The smallest absolute Gasteiger partial charge is 0.343 e. The lowest BCUT2D eigenvalue weighted by Crippen LogP contribution is -2.09. The molecule has 1 heterocycles. The third kappa shape index (κ3) is 3.30. The summed E-state index contributed by atoms with van der Waals surface area (Å²) in [5.41, 5.74) is 1.20. The van der Waals surface area contributed by atoms with Crippen LogP contribution in [0.4, 0.5) is 11.5 Å². The molecule has 0 spiro atoms. The Morgan fingerprint density at radius 3 is 2.36 bits per heavy atom. The molecule has 108 valence electrons. The normalized spacial score (nSPS) is 10.0. The number of carbonyl (C=O) groups is 1. The predicted molar refractivity (Wildman–Crippen MR) is 85.4 cm³/mol. The fourth-order valence-corrected chi connectivity index (χ4v) is 1.97. The van der Waals surface area contributed by atoms with Gasteiger partial charge in [0.05, 0.1) is 11.3 Å². The molecule has 0 unspecified atom stereocenters. The van der Waals surface area contributed by atoms with Gasteiger partial charge in [-0.15, -0.1) is 0 Å². The fourth-order valence-electron chi connectivity index (χ4n) is 1.97. The van der Waals surface area contributed by atoms with E-state index in [1.807, 2.05) is 42.5 Å². The molecule has 0 saturated carbocycles. The van der Waals surface area contributed by atoms with Gasteiger partial charge < -0.3 is 10.1 Å². The van der Waals surface area contributed by atoms with E-state index < -0.39 is 5.97 Å². The van der Waals surface area contributed by atoms with Crippen molar-refractivity contribution in [3.63, 3.8) is 0 Å². The molecule has 2 aromatic carbocycles. The predicted octanol–water partition coefficient (Wildman–Crippen LogP) is 4.04. The SMILES string of the molecule is O=C(Oc1ccccc1Nc1ccccn1)c1ccccc1. The Bertz CT molecular complexity index is 758. The van der Waals surface area contributed by atoms with Gasteiger partial charge in [-0.25, -0.2) is 9.78 Å². The molecule has 0 bridgehead atoms. The number of ether oxygens (including phenoxy) is 1. The zero-order valence-corrected chi connectivity index (χ0v) is 11.8. The highest BCUT2D eigenvalue weighted by molar-refractivity contribution is 5.91. The highest BCUT2D eigenvalue weighted by Crippen LogP contribution is 2.27. The summed E-state index contributed by atoms with van der Waals surface area (Å²) in [7, 11) is 0. The topological polar surface area (TPSA) is 51.2 Å². The summed E-state index contributed by atoms with van der Waals surface area (Å²) in [6.07, 6.45) is 1.70. The lowest BCUT2D eigenvalue weighted by atomic mass is 10.2. The van der Waals surface area contributed by atoms with Gasteiger partial charge in [-0.3, -0.25) is 0 Å². The average molecular weight is 290 g/mol. The zero-order valence-electron chi connectivity index (χ0n) is 11.8. The number of para-hydroxylation sites is 2. The number of hydrogen-bond acceptors (Lipinski definition) is 4. The Kier molecular flexibility index (Phi) is 4.11. The van der Waals surface area contributed by atoms with Crippen molar-refractivity contribution in [3.8, 4) is 5.75 Å². The number of nitrogens with one attached hydrogen (secondary N) is 1. The van der Waals surface area contributed by atoms with Crippen molar-refractivity contribution in [3.05, 3.63) is 84.6 Å².